The van der Waals surface area contributed by atoms with Crippen molar-refractivity contribution in [3.8, 4) is 0 Å². The van der Waals surface area contributed by atoms with Crippen molar-refractivity contribution in [3.05, 3.63) is 71.3 Å². The van der Waals surface area contributed by atoms with Crippen LogP contribution in [0.2, 0.25) is 0 Å². The third-order valence-corrected chi connectivity index (χ3v) is 3.35. The molecule has 0 fully saturated rings. The van der Waals surface area contributed by atoms with Gasteiger partial charge in [0, 0.05) is 12.6 Å². The normalized spacial score (nSPS) is 11.4. The van der Waals surface area contributed by atoms with E-state index in [1.807, 2.05) is 43.3 Å². The molecule has 118 valence electrons. The average molecular weight is 320 g/mol. The fourth-order valence-electron chi connectivity index (χ4n) is 2.13. The fourth-order valence-corrected chi connectivity index (χ4v) is 2.13. The standard InChI is InChI=1S/C18H21NO2.ClH/c1-3-21-18(20)17-11-7-10-16(12-17)14(2)19-13-15-8-5-4-6-9-15;/h4-12,14,19H,3,13H2,1-2H3;1H. The second kappa shape index (κ2) is 9.23. The Bertz CT molecular complexity index is 587. The molecular weight excluding hydrogens is 298 g/mol. The predicted octanol–water partition coefficient (Wildman–Crippen LogP) is 4.14. The van der Waals surface area contributed by atoms with Crippen LogP contribution in [0.3, 0.4) is 0 Å². The van der Waals surface area contributed by atoms with Crippen molar-refractivity contribution in [3.63, 3.8) is 0 Å². The van der Waals surface area contributed by atoms with E-state index >= 15 is 0 Å². The third-order valence-electron chi connectivity index (χ3n) is 3.35. The molecule has 0 aliphatic carbocycles. The van der Waals surface area contributed by atoms with Gasteiger partial charge in [0.15, 0.2) is 0 Å². The summed E-state index contributed by atoms with van der Waals surface area (Å²) in [5.74, 6) is -0.269. The topological polar surface area (TPSA) is 38.3 Å². The minimum absolute atomic E-state index is 0. The molecule has 4 heteroatoms. The first-order valence-corrected chi connectivity index (χ1v) is 7.25. The monoisotopic (exact) mass is 319 g/mol. The van der Waals surface area contributed by atoms with Gasteiger partial charge in [-0.05, 0) is 37.1 Å². The van der Waals surface area contributed by atoms with Crippen molar-refractivity contribution in [2.24, 2.45) is 0 Å². The summed E-state index contributed by atoms with van der Waals surface area (Å²) in [5.41, 5.74) is 2.92. The first-order valence-electron chi connectivity index (χ1n) is 7.25. The summed E-state index contributed by atoms with van der Waals surface area (Å²) in [6, 6.07) is 18.0. The van der Waals surface area contributed by atoms with Gasteiger partial charge in [-0.15, -0.1) is 12.4 Å². The van der Waals surface area contributed by atoms with Crippen molar-refractivity contribution in [2.45, 2.75) is 26.4 Å². The number of nitrogens with one attached hydrogen (secondary N) is 1. The van der Waals surface area contributed by atoms with Gasteiger partial charge in [-0.2, -0.15) is 0 Å². The fraction of sp³-hybridized carbons (Fsp3) is 0.278. The Hall–Kier alpha value is -1.84. The lowest BCUT2D eigenvalue weighted by Crippen LogP contribution is -2.18. The molecule has 0 aromatic heterocycles. The molecule has 0 heterocycles. The van der Waals surface area contributed by atoms with Crippen molar-refractivity contribution in [1.82, 2.24) is 5.32 Å². The highest BCUT2D eigenvalue weighted by Crippen LogP contribution is 2.15. The summed E-state index contributed by atoms with van der Waals surface area (Å²) < 4.78 is 5.03. The first kappa shape index (κ1) is 18.2. The van der Waals surface area contributed by atoms with Gasteiger partial charge in [-0.3, -0.25) is 0 Å². The van der Waals surface area contributed by atoms with Crippen LogP contribution in [0.15, 0.2) is 54.6 Å². The maximum absolute atomic E-state index is 11.8. The molecular formula is C18H22ClNO2. The van der Waals surface area contributed by atoms with Crippen LogP contribution in [0.1, 0.15) is 41.4 Å². The van der Waals surface area contributed by atoms with E-state index in [9.17, 15) is 4.79 Å². The van der Waals surface area contributed by atoms with Gasteiger partial charge < -0.3 is 10.1 Å². The second-order valence-corrected chi connectivity index (χ2v) is 4.93. The summed E-state index contributed by atoms with van der Waals surface area (Å²) in [5, 5.41) is 3.46. The second-order valence-electron chi connectivity index (χ2n) is 4.93. The number of benzene rings is 2. The summed E-state index contributed by atoms with van der Waals surface area (Å²) in [6.45, 7) is 5.09. The van der Waals surface area contributed by atoms with Crippen LogP contribution in [-0.2, 0) is 11.3 Å². The Kier molecular flexibility index (Phi) is 7.64. The highest BCUT2D eigenvalue weighted by Gasteiger charge is 2.10. The van der Waals surface area contributed by atoms with Gasteiger partial charge in [0.05, 0.1) is 12.2 Å². The highest BCUT2D eigenvalue weighted by molar-refractivity contribution is 5.89. The number of halogens is 1. The van der Waals surface area contributed by atoms with Crippen LogP contribution in [0.5, 0.6) is 0 Å². The van der Waals surface area contributed by atoms with E-state index in [0.717, 1.165) is 12.1 Å². The predicted molar refractivity (Wildman–Crippen MR) is 91.3 cm³/mol. The lowest BCUT2D eigenvalue weighted by molar-refractivity contribution is 0.0526. The van der Waals surface area contributed by atoms with E-state index in [2.05, 4.69) is 24.4 Å². The minimum Gasteiger partial charge on any atom is -0.462 e. The van der Waals surface area contributed by atoms with Crippen LogP contribution in [0.4, 0.5) is 0 Å². The maximum Gasteiger partial charge on any atom is 0.338 e. The quantitative estimate of drug-likeness (QED) is 0.813. The zero-order chi connectivity index (χ0) is 15.1. The number of ether oxygens (including phenoxy) is 1. The first-order chi connectivity index (χ1) is 10.2. The lowest BCUT2D eigenvalue weighted by Gasteiger charge is -2.15. The van der Waals surface area contributed by atoms with Crippen molar-refractivity contribution in [1.29, 1.82) is 0 Å². The van der Waals surface area contributed by atoms with Crippen LogP contribution >= 0.6 is 12.4 Å². The summed E-state index contributed by atoms with van der Waals surface area (Å²) in [7, 11) is 0. The number of hydrogen-bond acceptors (Lipinski definition) is 3. The molecule has 0 saturated carbocycles. The molecule has 2 aromatic carbocycles. The van der Waals surface area contributed by atoms with Gasteiger partial charge in [0.25, 0.3) is 0 Å². The summed E-state index contributed by atoms with van der Waals surface area (Å²) in [6.07, 6.45) is 0. The van der Waals surface area contributed by atoms with Gasteiger partial charge in [0.1, 0.15) is 0 Å². The molecule has 0 bridgehead atoms. The Morgan fingerprint density at radius 1 is 1.14 bits per heavy atom. The maximum atomic E-state index is 11.8. The van der Waals surface area contributed by atoms with Crippen molar-refractivity contribution >= 4 is 18.4 Å². The van der Waals surface area contributed by atoms with E-state index in [1.165, 1.54) is 5.56 Å². The zero-order valence-electron chi connectivity index (χ0n) is 12.9. The molecule has 0 radical (unpaired) electrons. The van der Waals surface area contributed by atoms with Crippen LogP contribution in [-0.4, -0.2) is 12.6 Å². The van der Waals surface area contributed by atoms with Gasteiger partial charge in [0.2, 0.25) is 0 Å². The molecule has 3 nitrogen and oxygen atoms in total. The molecule has 2 rings (SSSR count). The van der Waals surface area contributed by atoms with Crippen LogP contribution < -0.4 is 5.32 Å². The smallest absolute Gasteiger partial charge is 0.338 e. The molecule has 2 aromatic rings. The molecule has 0 spiro atoms. The molecule has 0 aliphatic heterocycles. The molecule has 0 saturated heterocycles. The van der Waals surface area contributed by atoms with Gasteiger partial charge in [-0.1, -0.05) is 42.5 Å². The molecule has 1 unspecified atom stereocenters. The van der Waals surface area contributed by atoms with Crippen molar-refractivity contribution in [2.75, 3.05) is 6.61 Å². The largest absolute Gasteiger partial charge is 0.462 e. The van der Waals surface area contributed by atoms with Gasteiger partial charge >= 0.3 is 5.97 Å². The van der Waals surface area contributed by atoms with E-state index in [1.54, 1.807) is 6.07 Å². The number of carbonyl (C=O) groups excluding carboxylic acids is 1. The average Bonchev–Trinajstić information content (AvgIpc) is 2.54. The van der Waals surface area contributed by atoms with E-state index in [4.69, 9.17) is 4.74 Å². The Balaban J connectivity index is 0.00000242. The number of hydrogen-bond donors (Lipinski definition) is 1. The van der Waals surface area contributed by atoms with Crippen LogP contribution in [0, 0.1) is 0 Å². The summed E-state index contributed by atoms with van der Waals surface area (Å²) in [4.78, 5) is 11.8. The lowest BCUT2D eigenvalue weighted by atomic mass is 10.0. The molecule has 1 atom stereocenters. The van der Waals surface area contributed by atoms with Gasteiger partial charge in [-0.25, -0.2) is 4.79 Å². The van der Waals surface area contributed by atoms with E-state index in [-0.39, 0.29) is 24.4 Å². The molecule has 1 N–H and O–H groups in total. The SMILES string of the molecule is CCOC(=O)c1cccc(C(C)NCc2ccccc2)c1.Cl. The number of rotatable bonds is 6. The summed E-state index contributed by atoms with van der Waals surface area (Å²) >= 11 is 0. The highest BCUT2D eigenvalue weighted by atomic mass is 35.5. The van der Waals surface area contributed by atoms with Crippen molar-refractivity contribution < 1.29 is 9.53 Å². The Labute approximate surface area is 138 Å². The molecule has 0 amide bonds. The van der Waals surface area contributed by atoms with E-state index in [0.29, 0.717) is 12.2 Å². The number of esters is 1. The molecule has 0 aliphatic rings. The van der Waals surface area contributed by atoms with E-state index < -0.39 is 0 Å². The Morgan fingerprint density at radius 3 is 2.55 bits per heavy atom. The Morgan fingerprint density at radius 2 is 1.86 bits per heavy atom. The van der Waals surface area contributed by atoms with Crippen LogP contribution in [0.25, 0.3) is 0 Å². The molecule has 22 heavy (non-hydrogen) atoms. The minimum atomic E-state index is -0.269. The zero-order valence-corrected chi connectivity index (χ0v) is 13.7. The third kappa shape index (κ3) is 5.17. The number of carbonyl (C=O) groups is 1.